The molecule has 18 heavy (non-hydrogen) atoms. The van der Waals surface area contributed by atoms with Gasteiger partial charge >= 0.3 is 0 Å². The first-order valence-electron chi connectivity index (χ1n) is 6.03. The first-order chi connectivity index (χ1) is 8.93. The molecule has 0 fully saturated rings. The molecule has 2 aromatic rings. The Kier molecular flexibility index (Phi) is 2.92. The van der Waals surface area contributed by atoms with Crippen LogP contribution in [0, 0.1) is 0 Å². The number of pyridine rings is 1. The molecule has 1 aromatic heterocycles. The van der Waals surface area contributed by atoms with Gasteiger partial charge in [-0.2, -0.15) is 0 Å². The molecule has 3 rings (SSSR count). The van der Waals surface area contributed by atoms with E-state index in [1.165, 1.54) is 16.7 Å². The molecule has 0 saturated carbocycles. The standard InChI is InChI=1S/C16H14N2/c1-4-13(15-6-2-8-17-11-15)10-14(5-1)16-7-3-9-18-12-16/h1-11,18H,12H2. The summed E-state index contributed by atoms with van der Waals surface area (Å²) in [4.78, 5) is 4.17. The molecule has 1 aliphatic rings. The lowest BCUT2D eigenvalue weighted by atomic mass is 9.99. The van der Waals surface area contributed by atoms with Crippen LogP contribution in [0.5, 0.6) is 0 Å². The lowest BCUT2D eigenvalue weighted by Crippen LogP contribution is -2.11. The Labute approximate surface area is 107 Å². The van der Waals surface area contributed by atoms with Gasteiger partial charge in [-0.1, -0.05) is 30.3 Å². The van der Waals surface area contributed by atoms with E-state index in [9.17, 15) is 0 Å². The second-order valence-corrected chi connectivity index (χ2v) is 4.25. The fourth-order valence-electron chi connectivity index (χ4n) is 2.09. The van der Waals surface area contributed by atoms with Gasteiger partial charge in [-0.15, -0.1) is 0 Å². The lowest BCUT2D eigenvalue weighted by molar-refractivity contribution is 0.986. The van der Waals surface area contributed by atoms with Crippen LogP contribution in [0.2, 0.25) is 0 Å². The van der Waals surface area contributed by atoms with E-state index in [0.29, 0.717) is 0 Å². The number of rotatable bonds is 2. The van der Waals surface area contributed by atoms with E-state index in [-0.39, 0.29) is 0 Å². The second-order valence-electron chi connectivity index (χ2n) is 4.25. The first kappa shape index (κ1) is 10.8. The first-order valence-corrected chi connectivity index (χ1v) is 6.03. The highest BCUT2D eigenvalue weighted by Gasteiger charge is 2.04. The van der Waals surface area contributed by atoms with E-state index in [0.717, 1.165) is 12.1 Å². The molecule has 1 aliphatic heterocycles. The molecule has 2 heteroatoms. The fraction of sp³-hybridized carbons (Fsp3) is 0.0625. The zero-order chi connectivity index (χ0) is 12.2. The van der Waals surface area contributed by atoms with E-state index in [4.69, 9.17) is 0 Å². The van der Waals surface area contributed by atoms with Crippen molar-refractivity contribution in [3.63, 3.8) is 0 Å². The summed E-state index contributed by atoms with van der Waals surface area (Å²) < 4.78 is 0. The van der Waals surface area contributed by atoms with Crippen LogP contribution in [0.25, 0.3) is 16.7 Å². The Balaban J connectivity index is 1.99. The molecular weight excluding hydrogens is 220 g/mol. The summed E-state index contributed by atoms with van der Waals surface area (Å²) in [6.45, 7) is 0.882. The van der Waals surface area contributed by atoms with Gasteiger partial charge in [-0.05, 0) is 41.1 Å². The molecule has 88 valence electrons. The summed E-state index contributed by atoms with van der Waals surface area (Å²) in [5.41, 5.74) is 4.92. The van der Waals surface area contributed by atoms with Crippen LogP contribution in [0.15, 0.2) is 67.1 Å². The highest BCUT2D eigenvalue weighted by molar-refractivity contribution is 5.74. The Bertz CT molecular complexity index is 598. The molecular formula is C16H14N2. The molecule has 1 aromatic carbocycles. The van der Waals surface area contributed by atoms with Gasteiger partial charge in [-0.3, -0.25) is 4.98 Å². The molecule has 0 unspecified atom stereocenters. The summed E-state index contributed by atoms with van der Waals surface area (Å²) in [5, 5.41) is 3.23. The minimum Gasteiger partial charge on any atom is -0.387 e. The third kappa shape index (κ3) is 2.18. The van der Waals surface area contributed by atoms with Crippen LogP contribution in [0.3, 0.4) is 0 Å². The minimum atomic E-state index is 0.882. The third-order valence-electron chi connectivity index (χ3n) is 3.03. The van der Waals surface area contributed by atoms with Crippen LogP contribution in [-0.4, -0.2) is 11.5 Å². The quantitative estimate of drug-likeness (QED) is 0.862. The number of hydrogen-bond acceptors (Lipinski definition) is 2. The van der Waals surface area contributed by atoms with Crippen LogP contribution in [0.4, 0.5) is 0 Å². The van der Waals surface area contributed by atoms with Gasteiger partial charge in [0.05, 0.1) is 0 Å². The lowest BCUT2D eigenvalue weighted by Gasteiger charge is -2.12. The molecule has 0 radical (unpaired) electrons. The summed E-state index contributed by atoms with van der Waals surface area (Å²) in [7, 11) is 0. The van der Waals surface area contributed by atoms with E-state index in [1.54, 1.807) is 6.20 Å². The van der Waals surface area contributed by atoms with E-state index < -0.39 is 0 Å². The van der Waals surface area contributed by atoms with Crippen molar-refractivity contribution in [3.8, 4) is 11.1 Å². The van der Waals surface area contributed by atoms with Crippen LogP contribution < -0.4 is 5.32 Å². The van der Waals surface area contributed by atoms with Crippen molar-refractivity contribution in [3.05, 3.63) is 72.7 Å². The maximum atomic E-state index is 4.17. The van der Waals surface area contributed by atoms with E-state index >= 15 is 0 Å². The predicted molar refractivity (Wildman–Crippen MR) is 74.8 cm³/mol. The number of nitrogens with zero attached hydrogens (tertiary/aromatic N) is 1. The maximum absolute atomic E-state index is 4.17. The fourth-order valence-corrected chi connectivity index (χ4v) is 2.09. The summed E-state index contributed by atoms with van der Waals surface area (Å²) in [6, 6.07) is 12.6. The monoisotopic (exact) mass is 234 g/mol. The molecule has 0 aliphatic carbocycles. The average molecular weight is 234 g/mol. The van der Waals surface area contributed by atoms with Crippen LogP contribution >= 0.6 is 0 Å². The van der Waals surface area contributed by atoms with Crippen LogP contribution in [0.1, 0.15) is 5.56 Å². The van der Waals surface area contributed by atoms with Crippen LogP contribution in [-0.2, 0) is 0 Å². The Morgan fingerprint density at radius 1 is 1.00 bits per heavy atom. The number of hydrogen-bond donors (Lipinski definition) is 1. The van der Waals surface area contributed by atoms with Crippen molar-refractivity contribution in [2.24, 2.45) is 0 Å². The third-order valence-corrected chi connectivity index (χ3v) is 3.03. The number of nitrogens with one attached hydrogen (secondary N) is 1. The zero-order valence-electron chi connectivity index (χ0n) is 10.0. The molecule has 0 saturated heterocycles. The number of dihydropyridines is 1. The summed E-state index contributed by atoms with van der Waals surface area (Å²) in [6.07, 6.45) is 9.85. The Hall–Kier alpha value is -2.35. The normalized spacial score (nSPS) is 13.9. The molecule has 0 spiro atoms. The van der Waals surface area contributed by atoms with Gasteiger partial charge in [-0.25, -0.2) is 0 Å². The number of benzene rings is 1. The van der Waals surface area contributed by atoms with Gasteiger partial charge in [0.25, 0.3) is 0 Å². The average Bonchev–Trinajstić information content (AvgIpc) is 2.49. The van der Waals surface area contributed by atoms with Crippen molar-refractivity contribution < 1.29 is 0 Å². The molecule has 2 nitrogen and oxygen atoms in total. The smallest absolute Gasteiger partial charge is 0.0401 e. The molecule has 0 bridgehead atoms. The Morgan fingerprint density at radius 3 is 2.67 bits per heavy atom. The molecule has 1 N–H and O–H groups in total. The predicted octanol–water partition coefficient (Wildman–Crippen LogP) is 3.25. The van der Waals surface area contributed by atoms with Gasteiger partial charge in [0, 0.05) is 24.5 Å². The maximum Gasteiger partial charge on any atom is 0.0401 e. The van der Waals surface area contributed by atoms with Gasteiger partial charge < -0.3 is 5.32 Å². The van der Waals surface area contributed by atoms with E-state index in [2.05, 4.69) is 46.7 Å². The highest BCUT2D eigenvalue weighted by Crippen LogP contribution is 2.23. The molecule has 2 heterocycles. The van der Waals surface area contributed by atoms with Crippen molar-refractivity contribution in [1.82, 2.24) is 10.3 Å². The highest BCUT2D eigenvalue weighted by atomic mass is 14.8. The number of aromatic nitrogens is 1. The molecule has 0 atom stereocenters. The van der Waals surface area contributed by atoms with Crippen molar-refractivity contribution in [1.29, 1.82) is 0 Å². The summed E-state index contributed by atoms with van der Waals surface area (Å²) in [5.74, 6) is 0. The van der Waals surface area contributed by atoms with Crippen molar-refractivity contribution in [2.75, 3.05) is 6.54 Å². The largest absolute Gasteiger partial charge is 0.387 e. The topological polar surface area (TPSA) is 24.9 Å². The van der Waals surface area contributed by atoms with Gasteiger partial charge in [0.2, 0.25) is 0 Å². The van der Waals surface area contributed by atoms with Crippen molar-refractivity contribution >= 4 is 5.57 Å². The second kappa shape index (κ2) is 4.88. The molecule has 0 amide bonds. The minimum absolute atomic E-state index is 0.882. The van der Waals surface area contributed by atoms with E-state index in [1.807, 2.05) is 24.5 Å². The van der Waals surface area contributed by atoms with Gasteiger partial charge in [0.1, 0.15) is 0 Å². The SMILES string of the molecule is C1=CNCC(c2cccc(-c3cccnc3)c2)=C1. The summed E-state index contributed by atoms with van der Waals surface area (Å²) >= 11 is 0. The zero-order valence-corrected chi connectivity index (χ0v) is 10.0. The van der Waals surface area contributed by atoms with Crippen molar-refractivity contribution in [2.45, 2.75) is 0 Å². The number of allylic oxidation sites excluding steroid dienone is 2. The Morgan fingerprint density at radius 2 is 1.89 bits per heavy atom. The van der Waals surface area contributed by atoms with Gasteiger partial charge in [0.15, 0.2) is 0 Å².